The van der Waals surface area contributed by atoms with E-state index in [1.54, 1.807) is 6.92 Å². The summed E-state index contributed by atoms with van der Waals surface area (Å²) in [5, 5.41) is 2.91. The number of hydrogen-bond donors (Lipinski definition) is 1. The van der Waals surface area contributed by atoms with Gasteiger partial charge in [-0.1, -0.05) is 27.7 Å². The highest BCUT2D eigenvalue weighted by atomic mass is 16.5. The monoisotopic (exact) mass is 255 g/mol. The normalized spacial score (nSPS) is 20.3. The molecule has 0 aromatic rings. The summed E-state index contributed by atoms with van der Waals surface area (Å²) in [6.45, 7) is 11.7. The Balaban J connectivity index is 2.21. The van der Waals surface area contributed by atoms with Gasteiger partial charge in [0, 0.05) is 13.0 Å². The Morgan fingerprint density at radius 1 is 1.11 bits per heavy atom. The number of esters is 1. The summed E-state index contributed by atoms with van der Waals surface area (Å²) in [5.41, 5.74) is 0.558. The number of hydrogen-bond acceptors (Lipinski definition) is 3. The van der Waals surface area contributed by atoms with E-state index in [0.29, 0.717) is 19.1 Å². The van der Waals surface area contributed by atoms with Gasteiger partial charge in [-0.3, -0.25) is 9.59 Å². The molecule has 1 saturated carbocycles. The van der Waals surface area contributed by atoms with E-state index in [1.165, 1.54) is 0 Å². The van der Waals surface area contributed by atoms with Crippen molar-refractivity contribution in [1.82, 2.24) is 5.32 Å². The smallest absolute Gasteiger partial charge is 0.306 e. The molecular weight excluding hydrogens is 230 g/mol. The average molecular weight is 255 g/mol. The minimum absolute atomic E-state index is 0.0680. The number of nitrogens with one attached hydrogen (secondary N) is 1. The van der Waals surface area contributed by atoms with Gasteiger partial charge in [0.1, 0.15) is 0 Å². The molecule has 4 nitrogen and oxygen atoms in total. The van der Waals surface area contributed by atoms with Crippen LogP contribution in [0.25, 0.3) is 0 Å². The second-order valence-electron chi connectivity index (χ2n) is 6.11. The molecule has 0 atom stereocenters. The second-order valence-corrected chi connectivity index (χ2v) is 6.11. The first-order valence-electron chi connectivity index (χ1n) is 6.65. The Morgan fingerprint density at radius 3 is 2.11 bits per heavy atom. The van der Waals surface area contributed by atoms with E-state index in [4.69, 9.17) is 4.74 Å². The van der Waals surface area contributed by atoms with E-state index in [9.17, 15) is 9.59 Å². The van der Waals surface area contributed by atoms with Gasteiger partial charge in [-0.2, -0.15) is 0 Å². The van der Waals surface area contributed by atoms with Gasteiger partial charge in [0.15, 0.2) is 0 Å². The maximum absolute atomic E-state index is 11.6. The zero-order valence-electron chi connectivity index (χ0n) is 12.1. The van der Waals surface area contributed by atoms with Crippen LogP contribution in [0.4, 0.5) is 0 Å². The van der Waals surface area contributed by atoms with Gasteiger partial charge in [0.2, 0.25) is 5.91 Å². The summed E-state index contributed by atoms with van der Waals surface area (Å²) in [6, 6.07) is 0. The second kappa shape index (κ2) is 5.29. The van der Waals surface area contributed by atoms with E-state index in [-0.39, 0.29) is 35.5 Å². The molecule has 1 amide bonds. The fraction of sp³-hybridized carbons (Fsp3) is 0.857. The lowest BCUT2D eigenvalue weighted by atomic mass is 10.0. The highest BCUT2D eigenvalue weighted by Gasteiger charge is 2.64. The molecule has 0 unspecified atom stereocenters. The molecule has 0 radical (unpaired) electrons. The van der Waals surface area contributed by atoms with Crippen molar-refractivity contribution in [2.24, 2.45) is 16.7 Å². The topological polar surface area (TPSA) is 55.4 Å². The SMILES string of the molecule is CCOC(=O)CCC(=O)NCC1C(C)(C)C1(C)C. The number of ether oxygens (including phenoxy) is 1. The third kappa shape index (κ3) is 3.03. The van der Waals surface area contributed by atoms with E-state index in [2.05, 4.69) is 33.0 Å². The van der Waals surface area contributed by atoms with Crippen LogP contribution in [0, 0.1) is 16.7 Å². The molecule has 1 aliphatic rings. The minimum Gasteiger partial charge on any atom is -0.466 e. The molecule has 0 spiro atoms. The van der Waals surface area contributed by atoms with Gasteiger partial charge in [-0.15, -0.1) is 0 Å². The summed E-state index contributed by atoms with van der Waals surface area (Å²) in [4.78, 5) is 22.7. The molecule has 1 aliphatic carbocycles. The number of rotatable bonds is 6. The van der Waals surface area contributed by atoms with Gasteiger partial charge in [0.05, 0.1) is 13.0 Å². The van der Waals surface area contributed by atoms with Crippen molar-refractivity contribution >= 4 is 11.9 Å². The van der Waals surface area contributed by atoms with Gasteiger partial charge < -0.3 is 10.1 Å². The van der Waals surface area contributed by atoms with Crippen molar-refractivity contribution in [1.29, 1.82) is 0 Å². The third-order valence-electron chi connectivity index (χ3n) is 4.68. The van der Waals surface area contributed by atoms with Crippen molar-refractivity contribution in [3.05, 3.63) is 0 Å². The van der Waals surface area contributed by atoms with E-state index >= 15 is 0 Å². The Bertz CT molecular complexity index is 320. The van der Waals surface area contributed by atoms with E-state index in [1.807, 2.05) is 0 Å². The Morgan fingerprint density at radius 2 is 1.67 bits per heavy atom. The van der Waals surface area contributed by atoms with Crippen LogP contribution >= 0.6 is 0 Å². The quantitative estimate of drug-likeness (QED) is 0.740. The molecule has 0 heterocycles. The molecule has 104 valence electrons. The fourth-order valence-corrected chi connectivity index (χ4v) is 2.60. The predicted molar refractivity (Wildman–Crippen MR) is 69.9 cm³/mol. The van der Waals surface area contributed by atoms with Gasteiger partial charge in [-0.05, 0) is 23.7 Å². The summed E-state index contributed by atoms with van der Waals surface area (Å²) < 4.78 is 4.78. The number of carbonyl (C=O) groups is 2. The molecule has 0 bridgehead atoms. The molecule has 0 aromatic carbocycles. The molecular formula is C14H25NO3. The lowest BCUT2D eigenvalue weighted by Crippen LogP contribution is -2.27. The first-order chi connectivity index (χ1) is 8.23. The Kier molecular flexibility index (Phi) is 4.41. The van der Waals surface area contributed by atoms with Crippen molar-refractivity contribution in [3.63, 3.8) is 0 Å². The lowest BCUT2D eigenvalue weighted by Gasteiger charge is -2.06. The van der Waals surface area contributed by atoms with E-state index in [0.717, 1.165) is 0 Å². The molecule has 1 fully saturated rings. The standard InChI is InChI=1S/C14H25NO3/c1-6-18-12(17)8-7-11(16)15-9-10-13(2,3)14(10,4)5/h10H,6-9H2,1-5H3,(H,15,16). The van der Waals surface area contributed by atoms with Crippen LogP contribution in [0.5, 0.6) is 0 Å². The van der Waals surface area contributed by atoms with Crippen LogP contribution < -0.4 is 5.32 Å². The minimum atomic E-state index is -0.306. The molecule has 18 heavy (non-hydrogen) atoms. The summed E-state index contributed by atoms with van der Waals surface area (Å²) >= 11 is 0. The molecule has 0 aromatic heterocycles. The van der Waals surface area contributed by atoms with Crippen LogP contribution in [-0.4, -0.2) is 25.0 Å². The first-order valence-corrected chi connectivity index (χ1v) is 6.65. The predicted octanol–water partition coefficient (Wildman–Crippen LogP) is 2.13. The van der Waals surface area contributed by atoms with Crippen LogP contribution in [0.15, 0.2) is 0 Å². The summed E-state index contributed by atoms with van der Waals surface area (Å²) in [5.74, 6) is 0.137. The molecule has 4 heteroatoms. The summed E-state index contributed by atoms with van der Waals surface area (Å²) in [6.07, 6.45) is 0.379. The van der Waals surface area contributed by atoms with Gasteiger partial charge >= 0.3 is 5.97 Å². The van der Waals surface area contributed by atoms with Crippen molar-refractivity contribution in [3.8, 4) is 0 Å². The van der Waals surface area contributed by atoms with Crippen molar-refractivity contribution in [2.45, 2.75) is 47.5 Å². The largest absolute Gasteiger partial charge is 0.466 e. The zero-order chi connectivity index (χ0) is 14.0. The zero-order valence-corrected chi connectivity index (χ0v) is 12.1. The van der Waals surface area contributed by atoms with Crippen LogP contribution in [0.3, 0.4) is 0 Å². The van der Waals surface area contributed by atoms with Crippen LogP contribution in [0.1, 0.15) is 47.5 Å². The van der Waals surface area contributed by atoms with Crippen LogP contribution in [0.2, 0.25) is 0 Å². The van der Waals surface area contributed by atoms with Crippen molar-refractivity contribution < 1.29 is 14.3 Å². The maximum atomic E-state index is 11.6. The highest BCUT2D eigenvalue weighted by Crippen LogP contribution is 2.67. The maximum Gasteiger partial charge on any atom is 0.306 e. The summed E-state index contributed by atoms with van der Waals surface area (Å²) in [7, 11) is 0. The highest BCUT2D eigenvalue weighted by molar-refractivity contribution is 5.81. The average Bonchev–Trinajstić information content (AvgIpc) is 2.64. The van der Waals surface area contributed by atoms with E-state index < -0.39 is 0 Å². The third-order valence-corrected chi connectivity index (χ3v) is 4.68. The van der Waals surface area contributed by atoms with Gasteiger partial charge in [0.25, 0.3) is 0 Å². The molecule has 0 aliphatic heterocycles. The van der Waals surface area contributed by atoms with Gasteiger partial charge in [-0.25, -0.2) is 0 Å². The van der Waals surface area contributed by atoms with Crippen molar-refractivity contribution in [2.75, 3.05) is 13.2 Å². The fourth-order valence-electron chi connectivity index (χ4n) is 2.60. The Hall–Kier alpha value is -1.06. The number of amides is 1. The number of carbonyl (C=O) groups excluding carboxylic acids is 2. The Labute approximate surface area is 109 Å². The molecule has 0 saturated heterocycles. The first kappa shape index (κ1) is 15.0. The molecule has 1 rings (SSSR count). The molecule has 1 N–H and O–H groups in total. The van der Waals surface area contributed by atoms with Crippen LogP contribution in [-0.2, 0) is 14.3 Å². The lowest BCUT2D eigenvalue weighted by molar-refractivity contribution is -0.144.